The zero-order valence-corrected chi connectivity index (χ0v) is 13.4. The maximum absolute atomic E-state index is 13.3. The Balaban J connectivity index is 2.23. The molecule has 0 fully saturated rings. The normalized spacial score (nSPS) is 22.6. The van der Waals surface area contributed by atoms with Crippen LogP contribution in [0.1, 0.15) is 11.1 Å². The molecule has 0 aliphatic carbocycles. The molecule has 0 spiro atoms. The van der Waals surface area contributed by atoms with Crippen molar-refractivity contribution in [2.75, 3.05) is 0 Å². The second-order valence-electron chi connectivity index (χ2n) is 5.46. The Morgan fingerprint density at radius 3 is 1.69 bits per heavy atom. The zero-order chi connectivity index (χ0) is 19.2. The summed E-state index contributed by atoms with van der Waals surface area (Å²) in [6, 6.07) is 12.1. The molecule has 1 unspecified atom stereocenters. The highest BCUT2D eigenvalue weighted by Gasteiger charge is 2.78. The van der Waals surface area contributed by atoms with Crippen molar-refractivity contribution in [1.29, 1.82) is 0 Å². The molecule has 1 aliphatic rings. The van der Waals surface area contributed by atoms with Gasteiger partial charge in [-0.2, -0.15) is 26.3 Å². The number of azo groups is 1. The summed E-state index contributed by atoms with van der Waals surface area (Å²) in [7, 11) is 0. The smallest absolute Gasteiger partial charge is 0.299 e. The molecule has 0 saturated heterocycles. The lowest BCUT2D eigenvalue weighted by Gasteiger charge is -2.34. The van der Waals surface area contributed by atoms with E-state index < -0.39 is 23.8 Å². The molecule has 10 heteroatoms. The van der Waals surface area contributed by atoms with Gasteiger partial charge in [0.2, 0.25) is 5.72 Å². The zero-order valence-electron chi connectivity index (χ0n) is 12.6. The Kier molecular flexibility index (Phi) is 4.27. The lowest BCUT2D eigenvalue weighted by Crippen LogP contribution is -2.57. The minimum atomic E-state index is -5.86. The fourth-order valence-corrected chi connectivity index (χ4v) is 2.65. The van der Waals surface area contributed by atoms with Gasteiger partial charge >= 0.3 is 18.1 Å². The van der Waals surface area contributed by atoms with Crippen LogP contribution in [-0.2, 0) is 10.5 Å². The van der Waals surface area contributed by atoms with Crippen molar-refractivity contribution in [3.05, 3.63) is 70.7 Å². The van der Waals surface area contributed by atoms with Crippen LogP contribution >= 0.6 is 11.6 Å². The van der Waals surface area contributed by atoms with E-state index in [0.717, 1.165) is 0 Å². The number of halogens is 7. The standard InChI is InChI=1S/C16H9ClF6N2O/c17-12-8-6-11(7-9-12)13(10-4-2-1-3-5-10)24-25-14(26-13,15(18,19)20)16(21,22)23/h1-9H. The molecule has 0 bridgehead atoms. The van der Waals surface area contributed by atoms with E-state index in [1.807, 2.05) is 0 Å². The van der Waals surface area contributed by atoms with E-state index in [0.29, 0.717) is 0 Å². The molecule has 1 aliphatic heterocycles. The fourth-order valence-electron chi connectivity index (χ4n) is 2.53. The average molecular weight is 395 g/mol. The second-order valence-corrected chi connectivity index (χ2v) is 5.89. The van der Waals surface area contributed by atoms with Crippen LogP contribution in [0.2, 0.25) is 5.02 Å². The van der Waals surface area contributed by atoms with Crippen molar-refractivity contribution in [3.8, 4) is 0 Å². The second kappa shape index (κ2) is 5.95. The lowest BCUT2D eigenvalue weighted by molar-refractivity contribution is -0.385. The largest absolute Gasteiger partial charge is 0.450 e. The summed E-state index contributed by atoms with van der Waals surface area (Å²) in [5.74, 6) is 0. The summed E-state index contributed by atoms with van der Waals surface area (Å²) < 4.78 is 84.6. The number of ether oxygens (including phenoxy) is 1. The fraction of sp³-hybridized carbons (Fsp3) is 0.250. The first-order valence-corrected chi connectivity index (χ1v) is 7.49. The minimum Gasteiger partial charge on any atom is -0.299 e. The highest BCUT2D eigenvalue weighted by Crippen LogP contribution is 2.56. The third-order valence-corrected chi connectivity index (χ3v) is 4.05. The summed E-state index contributed by atoms with van der Waals surface area (Å²) >= 11 is 5.76. The van der Waals surface area contributed by atoms with Gasteiger partial charge in [0.1, 0.15) is 0 Å². The number of alkyl halides is 6. The van der Waals surface area contributed by atoms with Gasteiger partial charge < -0.3 is 0 Å². The monoisotopic (exact) mass is 394 g/mol. The van der Waals surface area contributed by atoms with Crippen molar-refractivity contribution in [1.82, 2.24) is 0 Å². The first-order valence-electron chi connectivity index (χ1n) is 7.11. The third kappa shape index (κ3) is 2.75. The molecular formula is C16H9ClF6N2O. The summed E-state index contributed by atoms with van der Waals surface area (Å²) in [5.41, 5.74) is -7.31. The van der Waals surface area contributed by atoms with Gasteiger partial charge in [0.05, 0.1) is 0 Å². The van der Waals surface area contributed by atoms with Gasteiger partial charge in [0.15, 0.2) is 0 Å². The molecule has 138 valence electrons. The molecule has 26 heavy (non-hydrogen) atoms. The van der Waals surface area contributed by atoms with Crippen LogP contribution in [0.25, 0.3) is 0 Å². The van der Waals surface area contributed by atoms with Crippen LogP contribution in [0.5, 0.6) is 0 Å². The summed E-state index contributed by atoms with van der Waals surface area (Å²) in [6.45, 7) is 0. The SMILES string of the molecule is FC(F)(F)C1(C(F)(F)F)N=NC(c2ccccc2)(c2ccc(Cl)cc2)O1. The topological polar surface area (TPSA) is 34.0 Å². The van der Waals surface area contributed by atoms with Crippen LogP contribution in [0.3, 0.4) is 0 Å². The van der Waals surface area contributed by atoms with Gasteiger partial charge in [-0.05, 0) is 12.1 Å². The van der Waals surface area contributed by atoms with Crippen LogP contribution < -0.4 is 0 Å². The Hall–Kier alpha value is -2.13. The predicted molar refractivity (Wildman–Crippen MR) is 79.5 cm³/mol. The van der Waals surface area contributed by atoms with Gasteiger partial charge in [0.25, 0.3) is 0 Å². The van der Waals surface area contributed by atoms with Crippen molar-refractivity contribution in [2.45, 2.75) is 23.8 Å². The molecule has 2 aromatic carbocycles. The molecule has 0 aromatic heterocycles. The van der Waals surface area contributed by atoms with Gasteiger partial charge in [-0.15, -0.1) is 10.2 Å². The maximum Gasteiger partial charge on any atom is 0.450 e. The molecule has 2 aromatic rings. The Morgan fingerprint density at radius 2 is 1.23 bits per heavy atom. The van der Waals surface area contributed by atoms with Gasteiger partial charge in [-0.25, -0.2) is 0 Å². The number of benzene rings is 2. The molecule has 0 radical (unpaired) electrons. The summed E-state index contributed by atoms with van der Waals surface area (Å²) in [6.07, 6.45) is -11.7. The van der Waals surface area contributed by atoms with Crippen LogP contribution in [0, 0.1) is 0 Å². The highest BCUT2D eigenvalue weighted by molar-refractivity contribution is 6.30. The van der Waals surface area contributed by atoms with Crippen LogP contribution in [0.15, 0.2) is 64.8 Å². The van der Waals surface area contributed by atoms with E-state index in [2.05, 4.69) is 15.0 Å². The Bertz CT molecular complexity index is 805. The first kappa shape index (κ1) is 18.7. The van der Waals surface area contributed by atoms with Crippen LogP contribution in [0.4, 0.5) is 26.3 Å². The van der Waals surface area contributed by atoms with Gasteiger partial charge in [0, 0.05) is 16.1 Å². The molecular weight excluding hydrogens is 386 g/mol. The Labute approximate surface area is 148 Å². The van der Waals surface area contributed by atoms with Gasteiger partial charge in [-0.1, -0.05) is 54.1 Å². The predicted octanol–water partition coefficient (Wildman–Crippen LogP) is 5.84. The number of hydrogen-bond donors (Lipinski definition) is 0. The summed E-state index contributed by atoms with van der Waals surface area (Å²) in [5, 5.41) is 6.14. The van der Waals surface area contributed by atoms with E-state index in [1.54, 1.807) is 6.07 Å². The van der Waals surface area contributed by atoms with E-state index >= 15 is 0 Å². The first-order chi connectivity index (χ1) is 12.0. The van der Waals surface area contributed by atoms with E-state index in [1.165, 1.54) is 48.5 Å². The lowest BCUT2D eigenvalue weighted by atomic mass is 9.94. The van der Waals surface area contributed by atoms with Crippen molar-refractivity contribution in [3.63, 3.8) is 0 Å². The average Bonchev–Trinajstić information content (AvgIpc) is 2.99. The molecule has 1 atom stereocenters. The highest BCUT2D eigenvalue weighted by atomic mass is 35.5. The number of nitrogens with zero attached hydrogens (tertiary/aromatic N) is 2. The van der Waals surface area contributed by atoms with E-state index in [4.69, 9.17) is 11.6 Å². The maximum atomic E-state index is 13.3. The quantitative estimate of drug-likeness (QED) is 0.589. The summed E-state index contributed by atoms with van der Waals surface area (Å²) in [4.78, 5) is 0. The van der Waals surface area contributed by atoms with Crippen molar-refractivity contribution >= 4 is 11.6 Å². The van der Waals surface area contributed by atoms with Gasteiger partial charge in [-0.3, -0.25) is 4.74 Å². The molecule has 3 rings (SSSR count). The van der Waals surface area contributed by atoms with Crippen molar-refractivity contribution in [2.24, 2.45) is 10.2 Å². The minimum absolute atomic E-state index is 0.0403. The Morgan fingerprint density at radius 1 is 0.731 bits per heavy atom. The number of rotatable bonds is 2. The number of hydrogen-bond acceptors (Lipinski definition) is 3. The van der Waals surface area contributed by atoms with E-state index in [-0.39, 0.29) is 16.1 Å². The molecule has 0 saturated carbocycles. The third-order valence-electron chi connectivity index (χ3n) is 3.80. The molecule has 3 nitrogen and oxygen atoms in total. The van der Waals surface area contributed by atoms with Crippen molar-refractivity contribution < 1.29 is 31.1 Å². The molecule has 0 N–H and O–H groups in total. The van der Waals surface area contributed by atoms with Crippen LogP contribution in [-0.4, -0.2) is 18.1 Å². The molecule has 1 heterocycles. The molecule has 0 amide bonds. The van der Waals surface area contributed by atoms with E-state index in [9.17, 15) is 26.3 Å².